The molecule has 0 fully saturated rings. The van der Waals surface area contributed by atoms with Gasteiger partial charge in [0.2, 0.25) is 0 Å². The van der Waals surface area contributed by atoms with E-state index in [1.165, 1.54) is 11.8 Å². The smallest absolute Gasteiger partial charge is 0.367 e. The van der Waals surface area contributed by atoms with Crippen LogP contribution in [-0.4, -0.2) is 22.3 Å². The fourth-order valence-corrected chi connectivity index (χ4v) is 2.14. The van der Waals surface area contributed by atoms with Gasteiger partial charge < -0.3 is 5.32 Å². The van der Waals surface area contributed by atoms with E-state index in [4.69, 9.17) is 0 Å². The molecule has 0 aliphatic carbocycles. The first-order valence-electron chi connectivity index (χ1n) is 6.67. The molecule has 0 aliphatic rings. The van der Waals surface area contributed by atoms with Gasteiger partial charge in [-0.2, -0.15) is 13.2 Å². The molecule has 0 aliphatic heterocycles. The van der Waals surface area contributed by atoms with Crippen LogP contribution in [0, 0.1) is 0 Å². The molecule has 0 saturated carbocycles. The monoisotopic (exact) mass is 307 g/mol. The first kappa shape index (κ1) is 17.1. The largest absolute Gasteiger partial charge is 0.421 e. The van der Waals surface area contributed by atoms with Gasteiger partial charge in [-0.05, 0) is 19.1 Å². The number of unbranched alkanes of at least 4 members (excludes halogenated alkanes) is 1. The van der Waals surface area contributed by atoms with E-state index in [0.717, 1.165) is 31.9 Å². The molecule has 1 rings (SSSR count). The molecule has 1 atom stereocenters. The summed E-state index contributed by atoms with van der Waals surface area (Å²) in [5.74, 6) is -0.111. The van der Waals surface area contributed by atoms with E-state index >= 15 is 0 Å². The highest BCUT2D eigenvalue weighted by molar-refractivity contribution is 7.98. The van der Waals surface area contributed by atoms with Crippen LogP contribution < -0.4 is 5.32 Å². The Kier molecular flexibility index (Phi) is 6.58. The number of hydrogen-bond acceptors (Lipinski definition) is 4. The van der Waals surface area contributed by atoms with Gasteiger partial charge in [0.15, 0.2) is 5.16 Å². The van der Waals surface area contributed by atoms with Crippen molar-refractivity contribution in [2.24, 2.45) is 0 Å². The summed E-state index contributed by atoms with van der Waals surface area (Å²) in [6.07, 6.45) is 1.74. The molecule has 1 heterocycles. The number of alkyl halides is 3. The summed E-state index contributed by atoms with van der Waals surface area (Å²) in [7, 11) is 0. The van der Waals surface area contributed by atoms with Crippen molar-refractivity contribution >= 4 is 17.6 Å². The number of nitrogens with zero attached hydrogens (tertiary/aromatic N) is 2. The lowest BCUT2D eigenvalue weighted by Crippen LogP contribution is -2.22. The topological polar surface area (TPSA) is 37.8 Å². The predicted octanol–water partition coefficient (Wildman–Crippen LogP) is 4.60. The number of anilines is 1. The Labute approximate surface area is 121 Å². The molecule has 0 bridgehead atoms. The van der Waals surface area contributed by atoms with Gasteiger partial charge in [-0.3, -0.25) is 0 Å². The zero-order chi connectivity index (χ0) is 15.2. The Balaban J connectivity index is 3.00. The molecule has 0 radical (unpaired) electrons. The first-order valence-corrected chi connectivity index (χ1v) is 7.89. The van der Waals surface area contributed by atoms with E-state index in [0.29, 0.717) is 5.16 Å². The summed E-state index contributed by atoms with van der Waals surface area (Å²) in [5, 5.41) is 3.27. The highest BCUT2D eigenvalue weighted by Gasteiger charge is 2.35. The summed E-state index contributed by atoms with van der Waals surface area (Å²) < 4.78 is 38.9. The van der Waals surface area contributed by atoms with Gasteiger partial charge in [0, 0.05) is 12.2 Å². The fraction of sp³-hybridized carbons (Fsp3) is 0.692. The van der Waals surface area contributed by atoms with Gasteiger partial charge in [-0.15, -0.1) is 0 Å². The SMILES string of the molecule is CCCCC(CC)Nc1nc(SC)ncc1C(F)(F)F. The predicted molar refractivity (Wildman–Crippen MR) is 76.0 cm³/mol. The van der Waals surface area contributed by atoms with E-state index in [9.17, 15) is 13.2 Å². The van der Waals surface area contributed by atoms with Crippen molar-refractivity contribution in [3.8, 4) is 0 Å². The van der Waals surface area contributed by atoms with Crippen molar-refractivity contribution in [2.45, 2.75) is 56.9 Å². The molecule has 0 aromatic carbocycles. The van der Waals surface area contributed by atoms with Gasteiger partial charge in [-0.1, -0.05) is 38.5 Å². The number of aromatic nitrogens is 2. The normalized spacial score (nSPS) is 13.3. The maximum Gasteiger partial charge on any atom is 0.421 e. The lowest BCUT2D eigenvalue weighted by molar-refractivity contribution is -0.137. The number of thioether (sulfide) groups is 1. The van der Waals surface area contributed by atoms with Crippen molar-refractivity contribution in [1.82, 2.24) is 9.97 Å². The highest BCUT2D eigenvalue weighted by Crippen LogP contribution is 2.34. The molecule has 0 amide bonds. The first-order chi connectivity index (χ1) is 9.42. The van der Waals surface area contributed by atoms with Gasteiger partial charge in [0.05, 0.1) is 0 Å². The van der Waals surface area contributed by atoms with Crippen molar-refractivity contribution < 1.29 is 13.2 Å². The van der Waals surface area contributed by atoms with E-state index < -0.39 is 11.7 Å². The zero-order valence-electron chi connectivity index (χ0n) is 11.9. The lowest BCUT2D eigenvalue weighted by atomic mass is 10.1. The minimum atomic E-state index is -4.44. The minimum Gasteiger partial charge on any atom is -0.367 e. The standard InChI is InChI=1S/C13H20F3N3S/c1-4-6-7-9(5-2)18-11-10(13(14,15)16)8-17-12(19-11)20-3/h8-9H,4-7H2,1-3H3,(H,17,18,19). The number of hydrogen-bond donors (Lipinski definition) is 1. The molecule has 1 N–H and O–H groups in total. The molecular weight excluding hydrogens is 287 g/mol. The van der Waals surface area contributed by atoms with Crippen molar-refractivity contribution in [3.63, 3.8) is 0 Å². The van der Waals surface area contributed by atoms with Gasteiger partial charge in [0.25, 0.3) is 0 Å². The lowest BCUT2D eigenvalue weighted by Gasteiger charge is -2.20. The number of rotatable bonds is 7. The van der Waals surface area contributed by atoms with E-state index in [1.807, 2.05) is 6.92 Å². The molecule has 1 aromatic heterocycles. The molecule has 0 saturated heterocycles. The summed E-state index contributed by atoms with van der Waals surface area (Å²) in [6.45, 7) is 4.02. The van der Waals surface area contributed by atoms with Crippen LogP contribution in [0.4, 0.5) is 19.0 Å². The average molecular weight is 307 g/mol. The van der Waals surface area contributed by atoms with Crippen LogP contribution in [0.1, 0.15) is 45.1 Å². The van der Waals surface area contributed by atoms with E-state index in [1.54, 1.807) is 6.26 Å². The minimum absolute atomic E-state index is 0.000608. The van der Waals surface area contributed by atoms with Crippen LogP contribution in [0.3, 0.4) is 0 Å². The molecular formula is C13H20F3N3S. The van der Waals surface area contributed by atoms with Crippen LogP contribution >= 0.6 is 11.8 Å². The second-order valence-electron chi connectivity index (χ2n) is 4.51. The number of nitrogens with one attached hydrogen (secondary N) is 1. The van der Waals surface area contributed by atoms with Crippen LogP contribution in [0.2, 0.25) is 0 Å². The third-order valence-electron chi connectivity index (χ3n) is 2.99. The second-order valence-corrected chi connectivity index (χ2v) is 5.28. The zero-order valence-corrected chi connectivity index (χ0v) is 12.7. The highest BCUT2D eigenvalue weighted by atomic mass is 32.2. The third-order valence-corrected chi connectivity index (χ3v) is 3.56. The molecule has 1 aromatic rings. The second kappa shape index (κ2) is 7.71. The molecule has 20 heavy (non-hydrogen) atoms. The van der Waals surface area contributed by atoms with Crippen molar-refractivity contribution in [3.05, 3.63) is 11.8 Å². The maximum absolute atomic E-state index is 13.0. The van der Waals surface area contributed by atoms with Crippen LogP contribution in [0.25, 0.3) is 0 Å². The quantitative estimate of drug-likeness (QED) is 0.590. The Morgan fingerprint density at radius 1 is 1.35 bits per heavy atom. The van der Waals surface area contributed by atoms with Crippen LogP contribution in [0.5, 0.6) is 0 Å². The van der Waals surface area contributed by atoms with E-state index in [-0.39, 0.29) is 11.9 Å². The Morgan fingerprint density at radius 3 is 2.55 bits per heavy atom. The average Bonchev–Trinajstić information content (AvgIpc) is 2.41. The summed E-state index contributed by atoms with van der Waals surface area (Å²) in [4.78, 5) is 7.69. The molecule has 114 valence electrons. The van der Waals surface area contributed by atoms with Crippen LogP contribution in [0.15, 0.2) is 11.4 Å². The third kappa shape index (κ3) is 4.85. The van der Waals surface area contributed by atoms with Crippen LogP contribution in [-0.2, 0) is 6.18 Å². The fourth-order valence-electron chi connectivity index (χ4n) is 1.80. The number of halogens is 3. The Bertz CT molecular complexity index is 424. The maximum atomic E-state index is 13.0. The van der Waals surface area contributed by atoms with Gasteiger partial charge in [-0.25, -0.2) is 9.97 Å². The molecule has 1 unspecified atom stereocenters. The summed E-state index contributed by atoms with van der Waals surface area (Å²) >= 11 is 1.23. The Morgan fingerprint density at radius 2 is 2.05 bits per heavy atom. The van der Waals surface area contributed by atoms with Gasteiger partial charge >= 0.3 is 6.18 Å². The summed E-state index contributed by atoms with van der Waals surface area (Å²) in [5.41, 5.74) is -0.801. The van der Waals surface area contributed by atoms with Crippen molar-refractivity contribution in [2.75, 3.05) is 11.6 Å². The molecule has 3 nitrogen and oxygen atoms in total. The molecule has 0 spiro atoms. The van der Waals surface area contributed by atoms with E-state index in [2.05, 4.69) is 22.2 Å². The van der Waals surface area contributed by atoms with Gasteiger partial charge in [0.1, 0.15) is 11.4 Å². The van der Waals surface area contributed by atoms with Crippen molar-refractivity contribution in [1.29, 1.82) is 0 Å². The Hall–Kier alpha value is -0.980. The molecule has 7 heteroatoms. The summed E-state index contributed by atoms with van der Waals surface area (Å²) in [6, 6.07) is 0.000608.